The van der Waals surface area contributed by atoms with Crippen LogP contribution in [0.5, 0.6) is 0 Å². The van der Waals surface area contributed by atoms with Crippen LogP contribution < -0.4 is 0 Å². The molecular formula is C19H18Cl2N4O. The zero-order chi connectivity index (χ0) is 18.3. The van der Waals surface area contributed by atoms with Crippen LogP contribution in [0.1, 0.15) is 24.9 Å². The van der Waals surface area contributed by atoms with Gasteiger partial charge in [-0.25, -0.2) is 9.67 Å². The first kappa shape index (κ1) is 17.3. The number of aliphatic imine (C=N–C) groups is 1. The molecule has 1 aromatic carbocycles. The van der Waals surface area contributed by atoms with E-state index in [2.05, 4.69) is 16.2 Å². The molecule has 0 radical (unpaired) electrons. The summed E-state index contributed by atoms with van der Waals surface area (Å²) in [5.74, 6) is 0.375. The Morgan fingerprint density at radius 3 is 2.77 bits per heavy atom. The van der Waals surface area contributed by atoms with Crippen molar-refractivity contribution in [2.45, 2.75) is 19.4 Å². The molecule has 2 aliphatic rings. The summed E-state index contributed by atoms with van der Waals surface area (Å²) in [6.07, 6.45) is 6.71. The highest BCUT2D eigenvalue weighted by atomic mass is 35.5. The highest BCUT2D eigenvalue weighted by molar-refractivity contribution is 6.42. The van der Waals surface area contributed by atoms with Crippen molar-refractivity contribution in [3.05, 3.63) is 58.2 Å². The SMILES string of the molecule is CC1=Nc2ccnn2C(c2ccc(Cl)c(Cl)c2)C1C(=O)N1CC=CCC1. The summed E-state index contributed by atoms with van der Waals surface area (Å²) in [5.41, 5.74) is 1.68. The maximum atomic E-state index is 13.3. The molecule has 7 heteroatoms. The van der Waals surface area contributed by atoms with E-state index in [0.717, 1.165) is 30.1 Å². The Morgan fingerprint density at radius 2 is 2.04 bits per heavy atom. The van der Waals surface area contributed by atoms with Crippen molar-refractivity contribution in [1.29, 1.82) is 0 Å². The lowest BCUT2D eigenvalue weighted by Gasteiger charge is -2.35. The highest BCUT2D eigenvalue weighted by Gasteiger charge is 2.40. The van der Waals surface area contributed by atoms with Gasteiger partial charge in [0.15, 0.2) is 5.82 Å². The Kier molecular flexibility index (Phi) is 4.59. The van der Waals surface area contributed by atoms with E-state index < -0.39 is 5.92 Å². The molecule has 134 valence electrons. The van der Waals surface area contributed by atoms with Crippen LogP contribution in [0.2, 0.25) is 10.0 Å². The van der Waals surface area contributed by atoms with E-state index in [-0.39, 0.29) is 11.9 Å². The van der Waals surface area contributed by atoms with E-state index in [4.69, 9.17) is 23.2 Å². The quantitative estimate of drug-likeness (QED) is 0.720. The van der Waals surface area contributed by atoms with E-state index in [1.54, 1.807) is 16.9 Å². The van der Waals surface area contributed by atoms with E-state index in [9.17, 15) is 4.79 Å². The molecule has 2 aromatic rings. The van der Waals surface area contributed by atoms with Gasteiger partial charge in [0.05, 0.1) is 22.3 Å². The molecule has 2 unspecified atom stereocenters. The van der Waals surface area contributed by atoms with Gasteiger partial charge in [-0.1, -0.05) is 41.4 Å². The molecule has 0 fully saturated rings. The number of nitrogens with zero attached hydrogens (tertiary/aromatic N) is 4. The van der Waals surface area contributed by atoms with Crippen LogP contribution >= 0.6 is 23.2 Å². The first-order chi connectivity index (χ1) is 12.6. The number of halogens is 2. The van der Waals surface area contributed by atoms with Crippen LogP contribution in [0, 0.1) is 5.92 Å². The number of aromatic nitrogens is 2. The van der Waals surface area contributed by atoms with Gasteiger partial charge in [0.2, 0.25) is 5.91 Å². The van der Waals surface area contributed by atoms with Crippen LogP contribution in [0.15, 0.2) is 47.6 Å². The molecule has 0 bridgehead atoms. The summed E-state index contributed by atoms with van der Waals surface area (Å²) < 4.78 is 1.80. The predicted octanol–water partition coefficient (Wildman–Crippen LogP) is 4.29. The number of hydrogen-bond acceptors (Lipinski definition) is 3. The van der Waals surface area contributed by atoms with Crippen molar-refractivity contribution in [2.24, 2.45) is 10.9 Å². The van der Waals surface area contributed by atoms with Gasteiger partial charge in [0.25, 0.3) is 0 Å². The molecule has 0 saturated heterocycles. The van der Waals surface area contributed by atoms with E-state index in [1.165, 1.54) is 0 Å². The third-order valence-corrected chi connectivity index (χ3v) is 5.63. The van der Waals surface area contributed by atoms with E-state index in [0.29, 0.717) is 16.6 Å². The number of fused-ring (bicyclic) bond motifs is 1. The minimum atomic E-state index is -0.425. The summed E-state index contributed by atoms with van der Waals surface area (Å²) in [4.78, 5) is 19.8. The van der Waals surface area contributed by atoms with Crippen LogP contribution in [0.3, 0.4) is 0 Å². The fourth-order valence-electron chi connectivity index (χ4n) is 3.61. The minimum Gasteiger partial charge on any atom is -0.338 e. The third-order valence-electron chi connectivity index (χ3n) is 4.89. The largest absolute Gasteiger partial charge is 0.338 e. The maximum Gasteiger partial charge on any atom is 0.234 e. The minimum absolute atomic E-state index is 0.0628. The monoisotopic (exact) mass is 388 g/mol. The summed E-state index contributed by atoms with van der Waals surface area (Å²) >= 11 is 12.3. The Bertz CT molecular complexity index is 918. The summed E-state index contributed by atoms with van der Waals surface area (Å²) in [6.45, 7) is 3.26. The van der Waals surface area contributed by atoms with Crippen LogP contribution in [0.25, 0.3) is 0 Å². The lowest BCUT2D eigenvalue weighted by atomic mass is 9.87. The van der Waals surface area contributed by atoms with Crippen molar-refractivity contribution >= 4 is 40.6 Å². The van der Waals surface area contributed by atoms with Gasteiger partial charge in [0, 0.05) is 24.9 Å². The topological polar surface area (TPSA) is 50.5 Å². The van der Waals surface area contributed by atoms with Gasteiger partial charge in [-0.05, 0) is 31.0 Å². The Balaban J connectivity index is 1.80. The third kappa shape index (κ3) is 2.95. The molecule has 0 aliphatic carbocycles. The van der Waals surface area contributed by atoms with E-state index >= 15 is 0 Å². The molecule has 5 nitrogen and oxygen atoms in total. The molecule has 0 saturated carbocycles. The van der Waals surface area contributed by atoms with Gasteiger partial charge in [-0.15, -0.1) is 0 Å². The second-order valence-electron chi connectivity index (χ2n) is 6.53. The van der Waals surface area contributed by atoms with Gasteiger partial charge in [-0.3, -0.25) is 4.79 Å². The Morgan fingerprint density at radius 1 is 1.19 bits per heavy atom. The highest BCUT2D eigenvalue weighted by Crippen LogP contribution is 2.38. The Hall–Kier alpha value is -2.11. The first-order valence-electron chi connectivity index (χ1n) is 8.53. The lowest BCUT2D eigenvalue weighted by molar-refractivity contribution is -0.134. The van der Waals surface area contributed by atoms with Gasteiger partial charge in [-0.2, -0.15) is 5.10 Å². The van der Waals surface area contributed by atoms with Crippen LogP contribution in [0.4, 0.5) is 5.82 Å². The number of benzene rings is 1. The van der Waals surface area contributed by atoms with E-state index in [1.807, 2.05) is 36.1 Å². The van der Waals surface area contributed by atoms with Crippen molar-refractivity contribution in [2.75, 3.05) is 13.1 Å². The summed E-state index contributed by atoms with van der Waals surface area (Å²) in [7, 11) is 0. The number of hydrogen-bond donors (Lipinski definition) is 0. The maximum absolute atomic E-state index is 13.3. The molecule has 3 heterocycles. The van der Waals surface area contributed by atoms with Crippen LogP contribution in [-0.4, -0.2) is 39.4 Å². The molecule has 2 aliphatic heterocycles. The average Bonchev–Trinajstić information content (AvgIpc) is 3.11. The summed E-state index contributed by atoms with van der Waals surface area (Å²) in [5, 5.41) is 5.38. The van der Waals surface area contributed by atoms with Crippen molar-refractivity contribution in [3.63, 3.8) is 0 Å². The smallest absolute Gasteiger partial charge is 0.234 e. The molecule has 1 aromatic heterocycles. The second-order valence-corrected chi connectivity index (χ2v) is 7.34. The molecule has 26 heavy (non-hydrogen) atoms. The van der Waals surface area contributed by atoms with Crippen molar-refractivity contribution in [1.82, 2.24) is 14.7 Å². The average molecular weight is 389 g/mol. The molecule has 0 spiro atoms. The number of carbonyl (C=O) groups is 1. The molecular weight excluding hydrogens is 371 g/mol. The standard InChI is InChI=1S/C19H18Cl2N4O/c1-12-17(19(26)24-9-3-2-4-10-24)18(25-16(23-12)7-8-22-25)13-5-6-14(20)15(21)11-13/h2-3,5-8,11,17-18H,4,9-10H2,1H3. The molecule has 1 amide bonds. The fraction of sp³-hybridized carbons (Fsp3) is 0.316. The number of carbonyl (C=O) groups excluding carboxylic acids is 1. The van der Waals surface area contributed by atoms with Gasteiger partial charge >= 0.3 is 0 Å². The summed E-state index contributed by atoms with van der Waals surface area (Å²) in [6, 6.07) is 7.02. The van der Waals surface area contributed by atoms with Crippen molar-refractivity contribution in [3.8, 4) is 0 Å². The normalized spacial score (nSPS) is 22.1. The first-order valence-corrected chi connectivity index (χ1v) is 9.29. The zero-order valence-electron chi connectivity index (χ0n) is 14.3. The number of rotatable bonds is 2. The predicted molar refractivity (Wildman–Crippen MR) is 103 cm³/mol. The second kappa shape index (κ2) is 6.89. The Labute approximate surface area is 161 Å². The van der Waals surface area contributed by atoms with Crippen molar-refractivity contribution < 1.29 is 4.79 Å². The molecule has 0 N–H and O–H groups in total. The van der Waals surface area contributed by atoms with Gasteiger partial charge < -0.3 is 4.90 Å². The van der Waals surface area contributed by atoms with Gasteiger partial charge in [0.1, 0.15) is 5.92 Å². The fourth-order valence-corrected chi connectivity index (χ4v) is 3.92. The lowest BCUT2D eigenvalue weighted by Crippen LogP contribution is -2.45. The molecule has 2 atom stereocenters. The molecule has 4 rings (SSSR count). The zero-order valence-corrected chi connectivity index (χ0v) is 15.8. The number of amides is 1. The van der Waals surface area contributed by atoms with Crippen LogP contribution in [-0.2, 0) is 4.79 Å².